The van der Waals surface area contributed by atoms with E-state index in [-0.39, 0.29) is 59.4 Å². The smallest absolute Gasteiger partial charge is 0.306 e. The highest BCUT2D eigenvalue weighted by atomic mass is 16.5. The van der Waals surface area contributed by atoms with E-state index in [1.807, 2.05) is 48.5 Å². The fourth-order valence-electron chi connectivity index (χ4n) is 8.79. The van der Waals surface area contributed by atoms with Crippen LogP contribution >= 0.6 is 0 Å². The number of benzene rings is 2. The van der Waals surface area contributed by atoms with E-state index in [2.05, 4.69) is 66.0 Å². The van der Waals surface area contributed by atoms with Crippen LogP contribution in [0.1, 0.15) is 155 Å². The molecule has 2 aliphatic rings. The van der Waals surface area contributed by atoms with Crippen molar-refractivity contribution in [2.24, 2.45) is 0 Å². The van der Waals surface area contributed by atoms with Crippen molar-refractivity contribution in [1.82, 2.24) is 20.8 Å². The van der Waals surface area contributed by atoms with Gasteiger partial charge in [-0.3, -0.25) is 9.59 Å². The molecule has 2 heterocycles. The molecule has 10 heteroatoms. The summed E-state index contributed by atoms with van der Waals surface area (Å²) in [5, 5.41) is 32.0. The Hall–Kier alpha value is -2.86. The fraction of sp³-hybridized carbons (Fsp3) is 0.682. The number of hydroxylamine groups is 4. The first-order valence-corrected chi connectivity index (χ1v) is 20.3. The molecular weight excluding hydrogens is 681 g/mol. The number of nitrogens with zero attached hydrogens (tertiary/aromatic N) is 2. The molecule has 0 unspecified atom stereocenters. The van der Waals surface area contributed by atoms with Crippen molar-refractivity contribution < 1.29 is 29.5 Å². The summed E-state index contributed by atoms with van der Waals surface area (Å²) in [4.78, 5) is 24.6. The van der Waals surface area contributed by atoms with E-state index < -0.39 is 0 Å². The standard InChI is InChI=1S/C44H70N4O6/c1-41(2)25-37(26-42(3,4)45-41)47(51)29-33-17-21-35(22-18-33)31-53-39(49)15-13-11-9-10-12-14-16-40(50)54-32-36-23-19-34(20-24-36)30-48(52)38-27-43(5,6)46-44(7,8)28-38/h17-24,37-38,45-46,51-52H,9-16,25-32H2,1-8H3. The molecule has 4 rings (SSSR count). The van der Waals surface area contributed by atoms with E-state index in [1.54, 1.807) is 0 Å². The Morgan fingerprint density at radius 2 is 0.815 bits per heavy atom. The van der Waals surface area contributed by atoms with Gasteiger partial charge in [0.05, 0.1) is 0 Å². The average molecular weight is 751 g/mol. The molecule has 10 nitrogen and oxygen atoms in total. The highest BCUT2D eigenvalue weighted by Gasteiger charge is 2.41. The lowest BCUT2D eigenvalue weighted by atomic mass is 9.79. The first-order valence-electron chi connectivity index (χ1n) is 20.3. The Labute approximate surface area is 325 Å². The van der Waals surface area contributed by atoms with E-state index in [1.165, 1.54) is 10.1 Å². The number of hydrogen-bond donors (Lipinski definition) is 4. The number of carbonyl (C=O) groups is 2. The van der Waals surface area contributed by atoms with E-state index in [0.717, 1.165) is 86.5 Å². The minimum Gasteiger partial charge on any atom is -0.461 e. The lowest BCUT2D eigenvalue weighted by Gasteiger charge is -2.48. The van der Waals surface area contributed by atoms with Crippen molar-refractivity contribution in [3.05, 3.63) is 70.8 Å². The van der Waals surface area contributed by atoms with Crippen LogP contribution in [-0.2, 0) is 45.4 Å². The molecule has 2 aromatic rings. The van der Waals surface area contributed by atoms with E-state index in [4.69, 9.17) is 9.47 Å². The third-order valence-corrected chi connectivity index (χ3v) is 10.7. The van der Waals surface area contributed by atoms with Crippen LogP contribution in [0, 0.1) is 0 Å². The molecule has 0 aromatic heterocycles. The second-order valence-electron chi connectivity index (χ2n) is 18.7. The van der Waals surface area contributed by atoms with Gasteiger partial charge in [-0.05, 0) is 116 Å². The lowest BCUT2D eigenvalue weighted by Crippen LogP contribution is -2.61. The first kappa shape index (κ1) is 43.9. The van der Waals surface area contributed by atoms with Crippen molar-refractivity contribution in [2.75, 3.05) is 0 Å². The Balaban J connectivity index is 1.00. The average Bonchev–Trinajstić information content (AvgIpc) is 3.06. The van der Waals surface area contributed by atoms with Crippen molar-refractivity contribution in [2.45, 2.75) is 193 Å². The Bertz CT molecular complexity index is 1330. The number of nitrogens with one attached hydrogen (secondary N) is 2. The zero-order chi connectivity index (χ0) is 39.6. The molecule has 2 aromatic carbocycles. The van der Waals surface area contributed by atoms with Crippen LogP contribution in [0.4, 0.5) is 0 Å². The molecule has 0 bridgehead atoms. The van der Waals surface area contributed by atoms with Crippen molar-refractivity contribution in [1.29, 1.82) is 0 Å². The van der Waals surface area contributed by atoms with Gasteiger partial charge in [-0.15, -0.1) is 0 Å². The molecule has 0 aliphatic carbocycles. The quantitative estimate of drug-likeness (QED) is 0.0631. The summed E-state index contributed by atoms with van der Waals surface area (Å²) in [6.45, 7) is 18.9. The Morgan fingerprint density at radius 1 is 0.537 bits per heavy atom. The van der Waals surface area contributed by atoms with Gasteiger partial charge in [0.1, 0.15) is 13.2 Å². The van der Waals surface area contributed by atoms with Crippen LogP contribution in [0.3, 0.4) is 0 Å². The SMILES string of the molecule is CC1(C)CC(N(O)Cc2ccc(COC(=O)CCCCCCCCC(=O)OCc3ccc(CN(O)C4CC(C)(C)NC(C)(C)C4)cc3)cc2)CC(C)(C)N1. The summed E-state index contributed by atoms with van der Waals surface area (Å²) >= 11 is 0. The monoisotopic (exact) mass is 751 g/mol. The minimum atomic E-state index is -0.185. The fourth-order valence-corrected chi connectivity index (χ4v) is 8.79. The minimum absolute atomic E-state index is 0.0370. The highest BCUT2D eigenvalue weighted by Crippen LogP contribution is 2.33. The third-order valence-electron chi connectivity index (χ3n) is 10.7. The van der Waals surface area contributed by atoms with Crippen LogP contribution in [-0.4, -0.2) is 66.7 Å². The third kappa shape index (κ3) is 15.3. The number of esters is 2. The zero-order valence-corrected chi connectivity index (χ0v) is 34.5. The van der Waals surface area contributed by atoms with Crippen molar-refractivity contribution in [3.8, 4) is 0 Å². The maximum Gasteiger partial charge on any atom is 0.306 e. The summed E-state index contributed by atoms with van der Waals surface area (Å²) < 4.78 is 11.0. The van der Waals surface area contributed by atoms with Gasteiger partial charge in [-0.2, -0.15) is 10.1 Å². The Morgan fingerprint density at radius 3 is 1.13 bits per heavy atom. The molecule has 0 amide bonds. The highest BCUT2D eigenvalue weighted by molar-refractivity contribution is 5.69. The van der Waals surface area contributed by atoms with Crippen molar-refractivity contribution in [3.63, 3.8) is 0 Å². The number of ether oxygens (including phenoxy) is 2. The lowest BCUT2D eigenvalue weighted by molar-refractivity contribution is -0.156. The first-order chi connectivity index (χ1) is 25.3. The van der Waals surface area contributed by atoms with Crippen LogP contribution < -0.4 is 10.6 Å². The predicted molar refractivity (Wildman–Crippen MR) is 213 cm³/mol. The predicted octanol–water partition coefficient (Wildman–Crippen LogP) is 8.59. The topological polar surface area (TPSA) is 124 Å². The maximum atomic E-state index is 12.3. The van der Waals surface area contributed by atoms with Gasteiger partial charge in [-0.25, -0.2) is 0 Å². The van der Waals surface area contributed by atoms with Crippen LogP contribution in [0.25, 0.3) is 0 Å². The van der Waals surface area contributed by atoms with Crippen molar-refractivity contribution >= 4 is 11.9 Å². The number of hydrogen-bond acceptors (Lipinski definition) is 10. The second kappa shape index (κ2) is 19.3. The van der Waals surface area contributed by atoms with Gasteiger partial charge in [0.25, 0.3) is 0 Å². The summed E-state index contributed by atoms with van der Waals surface area (Å²) in [7, 11) is 0. The van der Waals surface area contributed by atoms with Gasteiger partial charge in [0.15, 0.2) is 0 Å². The molecule has 0 spiro atoms. The van der Waals surface area contributed by atoms with Gasteiger partial charge < -0.3 is 30.5 Å². The summed E-state index contributed by atoms with van der Waals surface area (Å²) in [5.41, 5.74) is 3.76. The van der Waals surface area contributed by atoms with Crippen LogP contribution in [0.2, 0.25) is 0 Å². The van der Waals surface area contributed by atoms with Gasteiger partial charge in [-0.1, -0.05) is 74.2 Å². The summed E-state index contributed by atoms with van der Waals surface area (Å²) in [5.74, 6) is -0.370. The molecule has 302 valence electrons. The molecule has 2 aliphatic heterocycles. The number of carbonyl (C=O) groups excluding carboxylic acids is 2. The van der Waals surface area contributed by atoms with Gasteiger partial charge in [0, 0.05) is 60.2 Å². The zero-order valence-electron chi connectivity index (χ0n) is 34.5. The maximum absolute atomic E-state index is 12.3. The second-order valence-corrected chi connectivity index (χ2v) is 18.7. The van der Waals surface area contributed by atoms with E-state index in [0.29, 0.717) is 25.9 Å². The van der Waals surface area contributed by atoms with Crippen LogP contribution in [0.5, 0.6) is 0 Å². The molecule has 54 heavy (non-hydrogen) atoms. The Kier molecular flexibility index (Phi) is 15.7. The number of piperidine rings is 2. The molecule has 4 N–H and O–H groups in total. The molecule has 0 radical (unpaired) electrons. The summed E-state index contributed by atoms with van der Waals surface area (Å²) in [6.07, 6.45) is 9.83. The molecule has 0 atom stereocenters. The number of unbranched alkanes of at least 4 members (excludes halogenated alkanes) is 5. The van der Waals surface area contributed by atoms with Crippen LogP contribution in [0.15, 0.2) is 48.5 Å². The molecule has 0 saturated carbocycles. The van der Waals surface area contributed by atoms with E-state index in [9.17, 15) is 20.0 Å². The van der Waals surface area contributed by atoms with Gasteiger partial charge in [0.2, 0.25) is 0 Å². The van der Waals surface area contributed by atoms with Gasteiger partial charge >= 0.3 is 11.9 Å². The molecule has 2 saturated heterocycles. The molecular formula is C44H70N4O6. The van der Waals surface area contributed by atoms with E-state index >= 15 is 0 Å². The number of rotatable bonds is 19. The largest absolute Gasteiger partial charge is 0.461 e. The molecule has 2 fully saturated rings. The summed E-state index contributed by atoms with van der Waals surface area (Å²) in [6, 6.07) is 16.0. The normalized spacial score (nSPS) is 19.6.